The summed E-state index contributed by atoms with van der Waals surface area (Å²) in [6.07, 6.45) is 0. The second kappa shape index (κ2) is 7.13. The first kappa shape index (κ1) is 16.1. The predicted octanol–water partition coefficient (Wildman–Crippen LogP) is 2.09. The van der Waals surface area contributed by atoms with Crippen molar-refractivity contribution >= 4 is 5.91 Å². The monoisotopic (exact) mass is 298 g/mol. The summed E-state index contributed by atoms with van der Waals surface area (Å²) in [5, 5.41) is 2.86. The number of rotatable bonds is 5. The van der Waals surface area contributed by atoms with Crippen molar-refractivity contribution in [2.45, 2.75) is 26.9 Å². The number of aryl methyl sites for hydroxylation is 2. The smallest absolute Gasteiger partial charge is 0.251 e. The molecule has 0 aliphatic heterocycles. The molecule has 1 amide bonds. The first-order valence-corrected chi connectivity index (χ1v) is 7.27. The molecule has 5 heteroatoms. The summed E-state index contributed by atoms with van der Waals surface area (Å²) in [6.45, 7) is 5.03. The van der Waals surface area contributed by atoms with Crippen molar-refractivity contribution in [1.82, 2.24) is 20.2 Å². The Morgan fingerprint density at radius 2 is 1.68 bits per heavy atom. The molecule has 0 unspecified atom stereocenters. The van der Waals surface area contributed by atoms with E-state index >= 15 is 0 Å². The minimum atomic E-state index is -0.112. The van der Waals surface area contributed by atoms with Gasteiger partial charge in [0.05, 0.1) is 6.54 Å². The fourth-order valence-electron chi connectivity index (χ4n) is 2.27. The third kappa shape index (κ3) is 4.63. The first-order valence-electron chi connectivity index (χ1n) is 7.27. The van der Waals surface area contributed by atoms with Crippen molar-refractivity contribution in [2.75, 3.05) is 14.1 Å². The molecule has 0 spiro atoms. The molecule has 116 valence electrons. The summed E-state index contributed by atoms with van der Waals surface area (Å²) in [4.78, 5) is 22.9. The fourth-order valence-corrected chi connectivity index (χ4v) is 2.27. The second-order valence-corrected chi connectivity index (χ2v) is 5.68. The second-order valence-electron chi connectivity index (χ2n) is 5.68. The molecule has 0 bridgehead atoms. The molecule has 22 heavy (non-hydrogen) atoms. The van der Waals surface area contributed by atoms with Crippen LogP contribution in [0.25, 0.3) is 0 Å². The van der Waals surface area contributed by atoms with Crippen LogP contribution < -0.4 is 5.32 Å². The molecule has 2 aromatic rings. The topological polar surface area (TPSA) is 58.1 Å². The van der Waals surface area contributed by atoms with Gasteiger partial charge in [0.15, 0.2) is 0 Å². The van der Waals surface area contributed by atoms with E-state index in [4.69, 9.17) is 0 Å². The van der Waals surface area contributed by atoms with Crippen molar-refractivity contribution < 1.29 is 4.79 Å². The molecule has 0 aliphatic carbocycles. The minimum absolute atomic E-state index is 0.112. The normalized spacial score (nSPS) is 10.8. The summed E-state index contributed by atoms with van der Waals surface area (Å²) in [6, 6.07) is 9.55. The summed E-state index contributed by atoms with van der Waals surface area (Å²) >= 11 is 0. The average Bonchev–Trinajstić information content (AvgIpc) is 2.44. The quantitative estimate of drug-likeness (QED) is 0.918. The number of carbonyl (C=O) groups excluding carboxylic acids is 1. The number of hydrogen-bond acceptors (Lipinski definition) is 4. The number of benzene rings is 1. The third-order valence-corrected chi connectivity index (χ3v) is 3.15. The lowest BCUT2D eigenvalue weighted by Crippen LogP contribution is -2.24. The Balaban J connectivity index is 1.97. The van der Waals surface area contributed by atoms with Crippen molar-refractivity contribution in [3.63, 3.8) is 0 Å². The van der Waals surface area contributed by atoms with Crippen molar-refractivity contribution in [2.24, 2.45) is 0 Å². The highest BCUT2D eigenvalue weighted by Gasteiger charge is 2.07. The Labute approximate surface area is 131 Å². The van der Waals surface area contributed by atoms with Gasteiger partial charge < -0.3 is 10.2 Å². The molecule has 0 radical (unpaired) electrons. The fraction of sp³-hybridized carbons (Fsp3) is 0.353. The predicted molar refractivity (Wildman–Crippen MR) is 86.5 cm³/mol. The van der Waals surface area contributed by atoms with Gasteiger partial charge in [0.1, 0.15) is 5.82 Å². The molecular formula is C17H22N4O. The van der Waals surface area contributed by atoms with Gasteiger partial charge in [-0.15, -0.1) is 0 Å². The van der Waals surface area contributed by atoms with Crippen molar-refractivity contribution in [3.8, 4) is 0 Å². The van der Waals surface area contributed by atoms with Gasteiger partial charge in [-0.2, -0.15) is 0 Å². The van der Waals surface area contributed by atoms with Gasteiger partial charge in [0.2, 0.25) is 0 Å². The van der Waals surface area contributed by atoms with Gasteiger partial charge in [-0.25, -0.2) is 9.97 Å². The van der Waals surface area contributed by atoms with Crippen LogP contribution in [-0.4, -0.2) is 34.9 Å². The zero-order valence-electron chi connectivity index (χ0n) is 13.6. The molecule has 0 fully saturated rings. The Bertz CT molecular complexity index is 630. The maximum Gasteiger partial charge on any atom is 0.251 e. The van der Waals surface area contributed by atoms with Crippen LogP contribution in [0.2, 0.25) is 0 Å². The number of nitrogens with one attached hydrogen (secondary N) is 1. The summed E-state index contributed by atoms with van der Waals surface area (Å²) < 4.78 is 0. The van der Waals surface area contributed by atoms with E-state index in [2.05, 4.69) is 20.2 Å². The molecule has 1 N–H and O–H groups in total. The van der Waals surface area contributed by atoms with Gasteiger partial charge >= 0.3 is 0 Å². The molecule has 0 saturated carbocycles. The first-order chi connectivity index (χ1) is 10.4. The zero-order chi connectivity index (χ0) is 16.1. The van der Waals surface area contributed by atoms with Crippen molar-refractivity contribution in [1.29, 1.82) is 0 Å². The van der Waals surface area contributed by atoms with E-state index in [1.165, 1.54) is 5.56 Å². The van der Waals surface area contributed by atoms with Crippen LogP contribution in [0.4, 0.5) is 0 Å². The van der Waals surface area contributed by atoms with E-state index in [0.717, 1.165) is 17.9 Å². The maximum atomic E-state index is 12.1. The lowest BCUT2D eigenvalue weighted by molar-refractivity contribution is 0.0950. The van der Waals surface area contributed by atoms with Crippen LogP contribution in [0.15, 0.2) is 30.3 Å². The molecule has 0 atom stereocenters. The number of carbonyl (C=O) groups is 1. The van der Waals surface area contributed by atoms with Crippen LogP contribution >= 0.6 is 0 Å². The van der Waals surface area contributed by atoms with E-state index in [1.54, 1.807) is 0 Å². The van der Waals surface area contributed by atoms with E-state index in [0.29, 0.717) is 17.9 Å². The number of amides is 1. The number of aromatic nitrogens is 2. The van der Waals surface area contributed by atoms with Gasteiger partial charge in [-0.05, 0) is 51.7 Å². The number of hydrogen-bond donors (Lipinski definition) is 1. The van der Waals surface area contributed by atoms with Gasteiger partial charge in [0.25, 0.3) is 5.91 Å². The van der Waals surface area contributed by atoms with Crippen LogP contribution in [0, 0.1) is 13.8 Å². The summed E-state index contributed by atoms with van der Waals surface area (Å²) in [7, 11) is 4.04. The molecule has 1 aromatic carbocycles. The van der Waals surface area contributed by atoms with E-state index in [1.807, 2.05) is 58.3 Å². The van der Waals surface area contributed by atoms with Crippen LogP contribution in [0.1, 0.15) is 33.1 Å². The SMILES string of the molecule is Cc1cc(C)nc(CNC(=O)c2ccc(CN(C)C)cc2)n1. The lowest BCUT2D eigenvalue weighted by Gasteiger charge is -2.10. The molecular weight excluding hydrogens is 276 g/mol. The molecule has 2 rings (SSSR count). The molecule has 1 aromatic heterocycles. The Morgan fingerprint density at radius 3 is 2.23 bits per heavy atom. The third-order valence-electron chi connectivity index (χ3n) is 3.15. The Kier molecular flexibility index (Phi) is 5.22. The van der Waals surface area contributed by atoms with E-state index in [9.17, 15) is 4.79 Å². The molecule has 0 saturated heterocycles. The van der Waals surface area contributed by atoms with E-state index in [-0.39, 0.29) is 5.91 Å². The standard InChI is InChI=1S/C17H22N4O/c1-12-9-13(2)20-16(19-12)10-18-17(22)15-7-5-14(6-8-15)11-21(3)4/h5-9H,10-11H2,1-4H3,(H,18,22). The average molecular weight is 298 g/mol. The minimum Gasteiger partial charge on any atom is -0.345 e. The Hall–Kier alpha value is -2.27. The zero-order valence-corrected chi connectivity index (χ0v) is 13.6. The van der Waals surface area contributed by atoms with Crippen LogP contribution in [0.5, 0.6) is 0 Å². The number of nitrogens with zero attached hydrogens (tertiary/aromatic N) is 3. The summed E-state index contributed by atoms with van der Waals surface area (Å²) in [5.74, 6) is 0.522. The van der Waals surface area contributed by atoms with Gasteiger partial charge in [0, 0.05) is 23.5 Å². The van der Waals surface area contributed by atoms with Gasteiger partial charge in [-0.3, -0.25) is 4.79 Å². The lowest BCUT2D eigenvalue weighted by atomic mass is 10.1. The molecule has 0 aliphatic rings. The Morgan fingerprint density at radius 1 is 1.09 bits per heavy atom. The highest BCUT2D eigenvalue weighted by Crippen LogP contribution is 2.06. The largest absolute Gasteiger partial charge is 0.345 e. The van der Waals surface area contributed by atoms with Crippen LogP contribution in [0.3, 0.4) is 0 Å². The van der Waals surface area contributed by atoms with Gasteiger partial charge in [-0.1, -0.05) is 12.1 Å². The summed E-state index contributed by atoms with van der Waals surface area (Å²) in [5.41, 5.74) is 3.64. The highest BCUT2D eigenvalue weighted by molar-refractivity contribution is 5.94. The highest BCUT2D eigenvalue weighted by atomic mass is 16.1. The van der Waals surface area contributed by atoms with E-state index < -0.39 is 0 Å². The molecule has 5 nitrogen and oxygen atoms in total. The maximum absolute atomic E-state index is 12.1. The van der Waals surface area contributed by atoms with Crippen molar-refractivity contribution in [3.05, 3.63) is 58.7 Å². The molecule has 1 heterocycles. The van der Waals surface area contributed by atoms with Crippen LogP contribution in [-0.2, 0) is 13.1 Å².